The van der Waals surface area contributed by atoms with Crippen molar-refractivity contribution >= 4 is 6.08 Å². The van der Waals surface area contributed by atoms with E-state index in [1.165, 1.54) is 29.5 Å². The number of aliphatic hydroxyl groups is 1. The molecule has 1 heterocycles. The van der Waals surface area contributed by atoms with Crippen molar-refractivity contribution < 1.29 is 9.84 Å². The van der Waals surface area contributed by atoms with Gasteiger partial charge in [0.2, 0.25) is 0 Å². The Bertz CT molecular complexity index is 975. The summed E-state index contributed by atoms with van der Waals surface area (Å²) in [5.41, 5.74) is 6.36. The highest BCUT2D eigenvalue weighted by Gasteiger charge is 2.56. The van der Waals surface area contributed by atoms with Crippen molar-refractivity contribution in [3.8, 4) is 5.75 Å². The van der Waals surface area contributed by atoms with E-state index in [1.54, 1.807) is 7.11 Å². The number of hydrogen-bond acceptors (Lipinski definition) is 3. The van der Waals surface area contributed by atoms with E-state index >= 15 is 0 Å². The van der Waals surface area contributed by atoms with Crippen LogP contribution in [0, 0.1) is 24.2 Å². The van der Waals surface area contributed by atoms with Crippen molar-refractivity contribution in [3.05, 3.63) is 52.4 Å². The third-order valence-corrected chi connectivity index (χ3v) is 8.20. The Morgan fingerprint density at radius 2 is 2.14 bits per heavy atom. The minimum atomic E-state index is -0.342. The average Bonchev–Trinajstić information content (AvgIpc) is 3.17. The standard InChI is InChI=1S/C25H32N2O2/c1-15-18(14-27(3)26-15)11-17-13-23-22-7-5-16-12-19(29-4)6-8-20(16)21(22)9-10-25(23,2)24(17)28/h6,8,11-12,14,21-24,28H,5,7,9-10,13H2,1-4H3/b17-11+/t21-,22+,23+,24+,25-/m0/s1. The van der Waals surface area contributed by atoms with Gasteiger partial charge in [-0.3, -0.25) is 4.68 Å². The highest BCUT2D eigenvalue weighted by atomic mass is 16.5. The predicted molar refractivity (Wildman–Crippen MR) is 115 cm³/mol. The van der Waals surface area contributed by atoms with E-state index in [2.05, 4.69) is 42.5 Å². The van der Waals surface area contributed by atoms with Crippen molar-refractivity contribution in [3.63, 3.8) is 0 Å². The number of nitrogens with zero attached hydrogens (tertiary/aromatic N) is 2. The van der Waals surface area contributed by atoms with Crippen molar-refractivity contribution in [2.24, 2.45) is 24.3 Å². The van der Waals surface area contributed by atoms with E-state index < -0.39 is 0 Å². The lowest BCUT2D eigenvalue weighted by atomic mass is 9.55. The molecule has 3 aliphatic rings. The van der Waals surface area contributed by atoms with E-state index in [4.69, 9.17) is 4.74 Å². The van der Waals surface area contributed by atoms with Crippen molar-refractivity contribution in [2.75, 3.05) is 7.11 Å². The fraction of sp³-hybridized carbons (Fsp3) is 0.560. The average molecular weight is 393 g/mol. The molecule has 0 unspecified atom stereocenters. The summed E-state index contributed by atoms with van der Waals surface area (Å²) in [6.45, 7) is 4.38. The maximum atomic E-state index is 11.3. The highest BCUT2D eigenvalue weighted by molar-refractivity contribution is 5.57. The van der Waals surface area contributed by atoms with Gasteiger partial charge in [0, 0.05) is 24.2 Å². The van der Waals surface area contributed by atoms with E-state index in [0.29, 0.717) is 17.8 Å². The molecule has 29 heavy (non-hydrogen) atoms. The van der Waals surface area contributed by atoms with E-state index in [9.17, 15) is 5.11 Å². The Hall–Kier alpha value is -2.07. The molecule has 3 aliphatic carbocycles. The van der Waals surface area contributed by atoms with Crippen LogP contribution in [0.2, 0.25) is 0 Å². The molecule has 2 fully saturated rings. The molecule has 154 valence electrons. The third-order valence-electron chi connectivity index (χ3n) is 8.20. The van der Waals surface area contributed by atoms with Crippen LogP contribution in [-0.2, 0) is 13.5 Å². The minimum Gasteiger partial charge on any atom is -0.497 e. The Morgan fingerprint density at radius 1 is 1.31 bits per heavy atom. The minimum absolute atomic E-state index is 0.00686. The normalized spacial score (nSPS) is 34.6. The van der Waals surface area contributed by atoms with Crippen LogP contribution in [0.15, 0.2) is 30.0 Å². The van der Waals surface area contributed by atoms with Crippen molar-refractivity contribution in [1.82, 2.24) is 9.78 Å². The van der Waals surface area contributed by atoms with Gasteiger partial charge in [0.25, 0.3) is 0 Å². The van der Waals surface area contributed by atoms with E-state index in [-0.39, 0.29) is 11.5 Å². The first-order valence-electron chi connectivity index (χ1n) is 11.0. The fourth-order valence-corrected chi connectivity index (χ4v) is 6.64. The second-order valence-electron chi connectivity index (χ2n) is 9.69. The SMILES string of the molecule is COc1ccc2c(c1)CC[C@H]1[C@H]3C/C(=C\c4cn(C)nc4C)[C@@H](O)[C@@]3(C)CC[C@@H]21. The fourth-order valence-electron chi connectivity index (χ4n) is 6.64. The number of fused-ring (bicyclic) bond motifs is 5. The van der Waals surface area contributed by atoms with Gasteiger partial charge in [-0.05, 0) is 91.7 Å². The van der Waals surface area contributed by atoms with Crippen LogP contribution < -0.4 is 4.74 Å². The Morgan fingerprint density at radius 3 is 2.86 bits per heavy atom. The maximum absolute atomic E-state index is 11.3. The van der Waals surface area contributed by atoms with Crippen LogP contribution >= 0.6 is 0 Å². The van der Waals surface area contributed by atoms with E-state index in [1.807, 2.05) is 18.7 Å². The predicted octanol–water partition coefficient (Wildman–Crippen LogP) is 4.65. The van der Waals surface area contributed by atoms with E-state index in [0.717, 1.165) is 36.3 Å². The molecule has 0 amide bonds. The highest BCUT2D eigenvalue weighted by Crippen LogP contribution is 2.62. The number of aliphatic hydroxyl groups excluding tert-OH is 1. The van der Waals surface area contributed by atoms with Gasteiger partial charge in [-0.1, -0.05) is 13.0 Å². The van der Waals surface area contributed by atoms with Crippen LogP contribution in [0.25, 0.3) is 6.08 Å². The lowest BCUT2D eigenvalue weighted by Gasteiger charge is -2.49. The number of aromatic nitrogens is 2. The molecule has 0 spiro atoms. The van der Waals surface area contributed by atoms with Gasteiger partial charge in [0.05, 0.1) is 18.9 Å². The molecule has 1 aromatic carbocycles. The summed E-state index contributed by atoms with van der Waals surface area (Å²) in [5.74, 6) is 2.80. The Labute approximate surface area is 173 Å². The van der Waals surface area contributed by atoms with Gasteiger partial charge in [-0.25, -0.2) is 0 Å². The zero-order valence-corrected chi connectivity index (χ0v) is 18.0. The Kier molecular flexibility index (Phi) is 4.39. The molecule has 4 nitrogen and oxygen atoms in total. The molecule has 0 radical (unpaired) electrons. The number of hydrogen-bond donors (Lipinski definition) is 1. The number of rotatable bonds is 2. The van der Waals surface area contributed by atoms with Crippen LogP contribution in [-0.4, -0.2) is 28.1 Å². The number of methoxy groups -OCH3 is 1. The van der Waals surface area contributed by atoms with Crippen molar-refractivity contribution in [1.29, 1.82) is 0 Å². The van der Waals surface area contributed by atoms with Gasteiger partial charge in [-0.15, -0.1) is 0 Å². The molecule has 5 atom stereocenters. The zero-order valence-electron chi connectivity index (χ0n) is 18.0. The monoisotopic (exact) mass is 392 g/mol. The first-order chi connectivity index (χ1) is 13.9. The second-order valence-corrected chi connectivity index (χ2v) is 9.69. The third kappa shape index (κ3) is 2.87. The molecule has 4 heteroatoms. The maximum Gasteiger partial charge on any atom is 0.119 e. The smallest absolute Gasteiger partial charge is 0.119 e. The van der Waals surface area contributed by atoms with Gasteiger partial charge < -0.3 is 9.84 Å². The summed E-state index contributed by atoms with van der Waals surface area (Å²) in [7, 11) is 3.71. The van der Waals surface area contributed by atoms with Crippen LogP contribution in [0.5, 0.6) is 5.75 Å². The quantitative estimate of drug-likeness (QED) is 0.809. The molecular formula is C25H32N2O2. The number of benzene rings is 1. The zero-order chi connectivity index (χ0) is 20.3. The van der Waals surface area contributed by atoms with Crippen LogP contribution in [0.3, 0.4) is 0 Å². The Balaban J connectivity index is 1.47. The first-order valence-corrected chi connectivity index (χ1v) is 11.0. The van der Waals surface area contributed by atoms with Gasteiger partial charge in [-0.2, -0.15) is 5.10 Å². The van der Waals surface area contributed by atoms with Crippen molar-refractivity contribution in [2.45, 2.75) is 58.0 Å². The van der Waals surface area contributed by atoms with Crippen LogP contribution in [0.1, 0.15) is 60.9 Å². The summed E-state index contributed by atoms with van der Waals surface area (Å²) in [6, 6.07) is 6.66. The largest absolute Gasteiger partial charge is 0.497 e. The number of aryl methyl sites for hydroxylation is 3. The molecule has 2 aromatic rings. The molecule has 1 N–H and O–H groups in total. The summed E-state index contributed by atoms with van der Waals surface area (Å²) < 4.78 is 7.31. The van der Waals surface area contributed by atoms with Crippen LogP contribution in [0.4, 0.5) is 0 Å². The lowest BCUT2D eigenvalue weighted by Crippen LogP contribution is -2.44. The van der Waals surface area contributed by atoms with Gasteiger partial charge in [0.15, 0.2) is 0 Å². The second kappa shape index (κ2) is 6.73. The molecule has 1 aromatic heterocycles. The number of ether oxygens (including phenoxy) is 1. The van der Waals surface area contributed by atoms with Gasteiger partial charge >= 0.3 is 0 Å². The summed E-state index contributed by atoms with van der Waals surface area (Å²) in [5, 5.41) is 15.8. The molecule has 0 saturated heterocycles. The topological polar surface area (TPSA) is 47.3 Å². The molecular weight excluding hydrogens is 360 g/mol. The summed E-state index contributed by atoms with van der Waals surface area (Å²) >= 11 is 0. The molecule has 0 aliphatic heterocycles. The summed E-state index contributed by atoms with van der Waals surface area (Å²) in [4.78, 5) is 0. The van der Waals surface area contributed by atoms with Gasteiger partial charge in [0.1, 0.15) is 5.75 Å². The molecule has 0 bridgehead atoms. The first kappa shape index (κ1) is 18.9. The molecule has 2 saturated carbocycles. The summed E-state index contributed by atoms with van der Waals surface area (Å²) in [6.07, 6.45) is 9.56. The lowest BCUT2D eigenvalue weighted by molar-refractivity contribution is -0.0158. The molecule has 5 rings (SSSR count).